The monoisotopic (exact) mass is 549 g/mol. The normalized spacial score (nSPS) is 17.6. The first-order chi connectivity index (χ1) is 18.1. The number of rotatable bonds is 13. The van der Waals surface area contributed by atoms with E-state index in [2.05, 4.69) is 5.32 Å². The summed E-state index contributed by atoms with van der Waals surface area (Å²) in [5.41, 5.74) is 1.96. The second-order valence-corrected chi connectivity index (χ2v) is 11.8. The van der Waals surface area contributed by atoms with E-state index in [9.17, 15) is 17.6 Å². The number of benzene rings is 2. The highest BCUT2D eigenvalue weighted by molar-refractivity contribution is 7.92. The second-order valence-electron chi connectivity index (χ2n) is 9.94. The first-order valence-corrected chi connectivity index (χ1v) is 14.9. The first-order valence-electron chi connectivity index (χ1n) is 13.1. The molecule has 210 valence electrons. The number of amides is 1. The molecule has 1 saturated heterocycles. The minimum atomic E-state index is -3.66. The van der Waals surface area contributed by atoms with Crippen LogP contribution < -0.4 is 14.4 Å². The summed E-state index contributed by atoms with van der Waals surface area (Å²) in [6.45, 7) is 8.38. The summed E-state index contributed by atoms with van der Waals surface area (Å²) in [5.74, 6) is -0.0438. The van der Waals surface area contributed by atoms with Gasteiger partial charge in [-0.2, -0.15) is 0 Å². The Kier molecular flexibility index (Phi) is 10.5. The third-order valence-electron chi connectivity index (χ3n) is 6.80. The first kappa shape index (κ1) is 29.9. The zero-order valence-electron chi connectivity index (χ0n) is 22.9. The van der Waals surface area contributed by atoms with Crippen molar-refractivity contribution in [3.8, 4) is 5.75 Å². The molecule has 0 aliphatic carbocycles. The summed E-state index contributed by atoms with van der Waals surface area (Å²) in [7, 11) is -2.01. The second kappa shape index (κ2) is 13.4. The number of methoxy groups -OCH3 is 1. The molecule has 0 radical (unpaired) electrons. The van der Waals surface area contributed by atoms with Gasteiger partial charge in [-0.1, -0.05) is 13.0 Å². The molecule has 2 aromatic carbocycles. The van der Waals surface area contributed by atoms with Crippen molar-refractivity contribution >= 4 is 21.6 Å². The number of ether oxygens (including phenoxy) is 2. The molecule has 2 atom stereocenters. The summed E-state index contributed by atoms with van der Waals surface area (Å²) in [4.78, 5) is 15.5. The summed E-state index contributed by atoms with van der Waals surface area (Å²) in [5, 5.41) is 3.29. The zero-order valence-corrected chi connectivity index (χ0v) is 23.8. The van der Waals surface area contributed by atoms with Crippen LogP contribution in [0.5, 0.6) is 5.75 Å². The summed E-state index contributed by atoms with van der Waals surface area (Å²) in [6, 6.07) is 10.5. The zero-order chi connectivity index (χ0) is 27.9. The van der Waals surface area contributed by atoms with Gasteiger partial charge in [-0.25, -0.2) is 12.8 Å². The van der Waals surface area contributed by atoms with Crippen molar-refractivity contribution in [1.29, 1.82) is 0 Å². The van der Waals surface area contributed by atoms with E-state index in [1.807, 2.05) is 32.9 Å². The Morgan fingerprint density at radius 2 is 1.84 bits per heavy atom. The van der Waals surface area contributed by atoms with Crippen molar-refractivity contribution in [3.63, 3.8) is 0 Å². The molecule has 1 aliphatic heterocycles. The molecule has 1 fully saturated rings. The number of carbonyl (C=O) groups excluding carboxylic acids is 1. The van der Waals surface area contributed by atoms with Gasteiger partial charge in [0.25, 0.3) is 5.91 Å². The lowest BCUT2D eigenvalue weighted by Crippen LogP contribution is -2.49. The quantitative estimate of drug-likeness (QED) is 0.384. The summed E-state index contributed by atoms with van der Waals surface area (Å²) >= 11 is 0. The Hall–Kier alpha value is -2.69. The van der Waals surface area contributed by atoms with Gasteiger partial charge in [0.15, 0.2) is 0 Å². The predicted octanol–water partition coefficient (Wildman–Crippen LogP) is 3.71. The molecule has 1 aliphatic rings. The van der Waals surface area contributed by atoms with Gasteiger partial charge in [0.05, 0.1) is 24.6 Å². The molecular formula is C28H40FN3O5S. The Morgan fingerprint density at radius 1 is 1.13 bits per heavy atom. The van der Waals surface area contributed by atoms with E-state index in [4.69, 9.17) is 9.47 Å². The van der Waals surface area contributed by atoms with E-state index in [1.165, 1.54) is 28.6 Å². The van der Waals surface area contributed by atoms with Crippen molar-refractivity contribution in [3.05, 3.63) is 59.4 Å². The van der Waals surface area contributed by atoms with Crippen molar-refractivity contribution in [2.45, 2.75) is 45.7 Å². The van der Waals surface area contributed by atoms with Gasteiger partial charge in [0.2, 0.25) is 10.0 Å². The van der Waals surface area contributed by atoms with Gasteiger partial charge in [-0.15, -0.1) is 0 Å². The van der Waals surface area contributed by atoms with Crippen molar-refractivity contribution < 1.29 is 27.1 Å². The molecule has 0 aromatic heterocycles. The molecule has 1 N–H and O–H groups in total. The molecule has 8 nitrogen and oxygen atoms in total. The summed E-state index contributed by atoms with van der Waals surface area (Å²) in [6.07, 6.45) is 2.68. The van der Waals surface area contributed by atoms with Crippen LogP contribution in [0.4, 0.5) is 10.1 Å². The minimum absolute atomic E-state index is 0.113. The molecule has 0 bridgehead atoms. The van der Waals surface area contributed by atoms with E-state index in [-0.39, 0.29) is 17.9 Å². The molecule has 3 rings (SSSR count). The van der Waals surface area contributed by atoms with Gasteiger partial charge in [0, 0.05) is 57.3 Å². The lowest BCUT2D eigenvalue weighted by Gasteiger charge is -2.36. The van der Waals surface area contributed by atoms with Crippen LogP contribution in [0.3, 0.4) is 0 Å². The maximum absolute atomic E-state index is 13.7. The molecule has 0 spiro atoms. The van der Waals surface area contributed by atoms with Crippen LogP contribution in [0.1, 0.15) is 43.1 Å². The highest BCUT2D eigenvalue weighted by Crippen LogP contribution is 2.29. The predicted molar refractivity (Wildman–Crippen MR) is 148 cm³/mol. The number of aryl methyl sites for hydroxylation is 1. The van der Waals surface area contributed by atoms with Gasteiger partial charge in [-0.3, -0.25) is 9.10 Å². The Bertz CT molecular complexity index is 1170. The largest absolute Gasteiger partial charge is 0.493 e. The maximum Gasteiger partial charge on any atom is 0.254 e. The van der Waals surface area contributed by atoms with Crippen molar-refractivity contribution in [2.75, 3.05) is 50.5 Å². The van der Waals surface area contributed by atoms with Crippen LogP contribution in [-0.2, 0) is 21.2 Å². The Labute approximate surface area is 226 Å². The van der Waals surface area contributed by atoms with Crippen LogP contribution in [0.2, 0.25) is 0 Å². The molecule has 2 aromatic rings. The fourth-order valence-electron chi connectivity index (χ4n) is 4.84. The SMILES string of the molecule is CCc1ccc(C(=O)N(C[C@@H]2CNC[C@H]2N(c2ccc(F)cc2)S(C)(=O)=O)C(C)C)cc1OCCCOC. The van der Waals surface area contributed by atoms with Crippen molar-refractivity contribution in [1.82, 2.24) is 10.2 Å². The van der Waals surface area contributed by atoms with Crippen LogP contribution >= 0.6 is 0 Å². The van der Waals surface area contributed by atoms with E-state index >= 15 is 0 Å². The number of sulfonamides is 1. The minimum Gasteiger partial charge on any atom is -0.493 e. The number of nitrogens with one attached hydrogen (secondary N) is 1. The fourth-order valence-corrected chi connectivity index (χ4v) is 6.09. The molecule has 1 heterocycles. The average molecular weight is 550 g/mol. The molecule has 10 heteroatoms. The third-order valence-corrected chi connectivity index (χ3v) is 8.00. The number of nitrogens with zero attached hydrogens (tertiary/aromatic N) is 2. The molecule has 1 amide bonds. The van der Waals surface area contributed by atoms with Crippen LogP contribution in [0.25, 0.3) is 0 Å². The van der Waals surface area contributed by atoms with Crippen molar-refractivity contribution in [2.24, 2.45) is 5.92 Å². The lowest BCUT2D eigenvalue weighted by atomic mass is 10.0. The van der Waals surface area contributed by atoms with Crippen LogP contribution in [-0.4, -0.2) is 77.5 Å². The van der Waals surface area contributed by atoms with E-state index in [0.29, 0.717) is 49.8 Å². The molecule has 38 heavy (non-hydrogen) atoms. The topological polar surface area (TPSA) is 88.2 Å². The number of carbonyl (C=O) groups is 1. The number of hydrogen-bond donors (Lipinski definition) is 1. The fraction of sp³-hybridized carbons (Fsp3) is 0.536. The van der Waals surface area contributed by atoms with E-state index < -0.39 is 21.9 Å². The number of hydrogen-bond acceptors (Lipinski definition) is 6. The van der Waals surface area contributed by atoms with E-state index in [1.54, 1.807) is 18.1 Å². The highest BCUT2D eigenvalue weighted by atomic mass is 32.2. The van der Waals surface area contributed by atoms with Gasteiger partial charge >= 0.3 is 0 Å². The van der Waals surface area contributed by atoms with Crippen LogP contribution in [0.15, 0.2) is 42.5 Å². The van der Waals surface area contributed by atoms with Gasteiger partial charge in [-0.05, 0) is 62.2 Å². The maximum atomic E-state index is 13.7. The van der Waals surface area contributed by atoms with E-state index in [0.717, 1.165) is 24.7 Å². The Balaban J connectivity index is 1.85. The van der Waals surface area contributed by atoms with Crippen LogP contribution in [0, 0.1) is 11.7 Å². The number of halogens is 1. The van der Waals surface area contributed by atoms with Gasteiger partial charge < -0.3 is 19.7 Å². The smallest absolute Gasteiger partial charge is 0.254 e. The van der Waals surface area contributed by atoms with Gasteiger partial charge in [0.1, 0.15) is 11.6 Å². The molecule has 0 saturated carbocycles. The average Bonchev–Trinajstić information content (AvgIpc) is 3.32. The standard InChI is InChI=1S/C28H40FN3O5S/c1-6-21-8-9-22(16-27(21)37-15-7-14-36-4)28(33)31(20(2)3)19-23-17-30-18-26(23)32(38(5,34)35)25-12-10-24(29)11-13-25/h8-13,16,20,23,26,30H,6-7,14-15,17-19H2,1-5H3/t23-,26+/m0/s1. The summed E-state index contributed by atoms with van der Waals surface area (Å²) < 4.78 is 51.7. The Morgan fingerprint density at radius 3 is 2.45 bits per heavy atom. The molecule has 0 unspecified atom stereocenters. The number of anilines is 1. The lowest BCUT2D eigenvalue weighted by molar-refractivity contribution is 0.0673. The third kappa shape index (κ3) is 7.45. The highest BCUT2D eigenvalue weighted by Gasteiger charge is 2.39. The molecular weight excluding hydrogens is 509 g/mol.